The van der Waals surface area contributed by atoms with Crippen molar-refractivity contribution in [1.82, 2.24) is 9.47 Å². The molecule has 0 radical (unpaired) electrons. The van der Waals surface area contributed by atoms with Crippen LogP contribution < -0.4 is 11.1 Å². The van der Waals surface area contributed by atoms with Gasteiger partial charge >= 0.3 is 5.76 Å². The minimum atomic E-state index is -0.498. The summed E-state index contributed by atoms with van der Waals surface area (Å²) < 4.78 is 20.3. The molecule has 1 aliphatic heterocycles. The van der Waals surface area contributed by atoms with Gasteiger partial charge in [-0.2, -0.15) is 0 Å². The van der Waals surface area contributed by atoms with E-state index in [0.29, 0.717) is 35.1 Å². The average molecular weight is 460 g/mol. The van der Waals surface area contributed by atoms with Crippen molar-refractivity contribution in [3.05, 3.63) is 63.9 Å². The first-order valence-electron chi connectivity index (χ1n) is 11.0. The molecular formula is C24H27ClFN3O3. The smallest absolute Gasteiger partial charge is 0.408 e. The lowest BCUT2D eigenvalue weighted by Gasteiger charge is -2.39. The van der Waals surface area contributed by atoms with Crippen molar-refractivity contribution in [2.75, 3.05) is 18.4 Å². The molecule has 32 heavy (non-hydrogen) atoms. The van der Waals surface area contributed by atoms with Crippen LogP contribution in [0.25, 0.3) is 11.1 Å². The van der Waals surface area contributed by atoms with E-state index < -0.39 is 5.76 Å². The Morgan fingerprint density at radius 1 is 1.28 bits per heavy atom. The highest BCUT2D eigenvalue weighted by Crippen LogP contribution is 2.26. The summed E-state index contributed by atoms with van der Waals surface area (Å²) in [7, 11) is 0. The molecule has 2 aromatic carbocycles. The first kappa shape index (κ1) is 22.4. The van der Waals surface area contributed by atoms with Crippen molar-refractivity contribution >= 4 is 34.3 Å². The lowest BCUT2D eigenvalue weighted by Crippen LogP contribution is -2.50. The third-order valence-corrected chi connectivity index (χ3v) is 6.36. The SMILES string of the molecule is CCC[C@H]1CCN(C(=O)CCn2c(=O)oc3cc(Cl)ccc32)C[C@H]1Nc1cccc(F)c1. The number of anilines is 1. The Morgan fingerprint density at radius 3 is 2.91 bits per heavy atom. The highest BCUT2D eigenvalue weighted by atomic mass is 35.5. The number of piperidine rings is 1. The molecule has 1 aromatic heterocycles. The van der Waals surface area contributed by atoms with Gasteiger partial charge in [-0.3, -0.25) is 9.36 Å². The number of carbonyl (C=O) groups excluding carboxylic acids is 1. The second kappa shape index (κ2) is 9.77. The standard InChI is InChI=1S/C24H27ClFN3O3/c1-2-4-16-9-11-28(15-20(16)27-19-6-3-5-18(26)14-19)23(30)10-12-29-21-8-7-17(25)13-22(21)32-24(29)31/h3,5-8,13-14,16,20,27H,2,4,9-12,15H2,1H3/t16-,20+/m0/s1. The fraction of sp³-hybridized carbons (Fsp3) is 0.417. The Labute approximate surface area is 191 Å². The predicted molar refractivity (Wildman–Crippen MR) is 124 cm³/mol. The lowest BCUT2D eigenvalue weighted by atomic mass is 9.87. The maximum absolute atomic E-state index is 13.6. The number of nitrogens with zero attached hydrogens (tertiary/aromatic N) is 2. The van der Waals surface area contributed by atoms with Crippen LogP contribution in [0.5, 0.6) is 0 Å². The van der Waals surface area contributed by atoms with Crippen molar-refractivity contribution in [3.63, 3.8) is 0 Å². The summed E-state index contributed by atoms with van der Waals surface area (Å²) in [6.45, 7) is 3.62. The molecule has 1 N–H and O–H groups in total. The van der Waals surface area contributed by atoms with Crippen LogP contribution in [0.1, 0.15) is 32.6 Å². The second-order valence-electron chi connectivity index (χ2n) is 8.32. The number of halogens is 2. The maximum Gasteiger partial charge on any atom is 0.419 e. The number of likely N-dealkylation sites (tertiary alicyclic amines) is 1. The van der Waals surface area contributed by atoms with Gasteiger partial charge < -0.3 is 14.6 Å². The van der Waals surface area contributed by atoms with E-state index in [4.69, 9.17) is 16.0 Å². The van der Waals surface area contributed by atoms with Crippen LogP contribution in [-0.2, 0) is 11.3 Å². The van der Waals surface area contributed by atoms with Crippen molar-refractivity contribution in [2.24, 2.45) is 5.92 Å². The highest BCUT2D eigenvalue weighted by molar-refractivity contribution is 6.31. The molecule has 3 aromatic rings. The van der Waals surface area contributed by atoms with E-state index in [1.165, 1.54) is 16.7 Å². The molecule has 1 amide bonds. The first-order chi connectivity index (χ1) is 15.4. The molecule has 2 atom stereocenters. The molecule has 0 saturated carbocycles. The van der Waals surface area contributed by atoms with E-state index in [1.54, 1.807) is 24.3 Å². The molecular weight excluding hydrogens is 433 g/mol. The number of fused-ring (bicyclic) bond motifs is 1. The summed E-state index contributed by atoms with van der Waals surface area (Å²) in [6.07, 6.45) is 3.19. The Kier molecular flexibility index (Phi) is 6.84. The minimum absolute atomic E-state index is 0.0128. The number of oxazole rings is 1. The number of hydrogen-bond acceptors (Lipinski definition) is 4. The lowest BCUT2D eigenvalue weighted by molar-refractivity contribution is -0.133. The van der Waals surface area contributed by atoms with E-state index in [-0.39, 0.29) is 30.7 Å². The first-order valence-corrected chi connectivity index (χ1v) is 11.4. The molecule has 2 heterocycles. The fourth-order valence-electron chi connectivity index (χ4n) is 4.52. The van der Waals surface area contributed by atoms with Crippen LogP contribution in [0.2, 0.25) is 5.02 Å². The summed E-state index contributed by atoms with van der Waals surface area (Å²) in [5.41, 5.74) is 1.76. The Balaban J connectivity index is 1.43. The second-order valence-corrected chi connectivity index (χ2v) is 8.76. The topological polar surface area (TPSA) is 67.5 Å². The van der Waals surface area contributed by atoms with Gasteiger partial charge in [0.2, 0.25) is 5.91 Å². The molecule has 6 nitrogen and oxygen atoms in total. The van der Waals surface area contributed by atoms with Gasteiger partial charge in [0.1, 0.15) is 5.82 Å². The van der Waals surface area contributed by atoms with Gasteiger partial charge in [-0.25, -0.2) is 9.18 Å². The Morgan fingerprint density at radius 2 is 2.12 bits per heavy atom. The molecule has 4 rings (SSSR count). The monoisotopic (exact) mass is 459 g/mol. The molecule has 1 aliphatic rings. The maximum atomic E-state index is 13.6. The normalized spacial score (nSPS) is 18.8. The number of amides is 1. The summed E-state index contributed by atoms with van der Waals surface area (Å²) in [5.74, 6) is -0.383. The van der Waals surface area contributed by atoms with E-state index in [2.05, 4.69) is 12.2 Å². The molecule has 170 valence electrons. The van der Waals surface area contributed by atoms with Crippen LogP contribution >= 0.6 is 11.6 Å². The van der Waals surface area contributed by atoms with Crippen molar-refractivity contribution in [1.29, 1.82) is 0 Å². The molecule has 0 unspecified atom stereocenters. The van der Waals surface area contributed by atoms with Crippen molar-refractivity contribution in [3.8, 4) is 0 Å². The van der Waals surface area contributed by atoms with Gasteiger partial charge in [0, 0.05) is 48.9 Å². The van der Waals surface area contributed by atoms with Crippen molar-refractivity contribution in [2.45, 2.75) is 45.2 Å². The number of carbonyl (C=O) groups is 1. The minimum Gasteiger partial charge on any atom is -0.408 e. The van der Waals surface area contributed by atoms with Gasteiger partial charge in [0.25, 0.3) is 0 Å². The molecule has 1 saturated heterocycles. The van der Waals surface area contributed by atoms with Crippen molar-refractivity contribution < 1.29 is 13.6 Å². The van der Waals surface area contributed by atoms with E-state index in [0.717, 1.165) is 24.9 Å². The Hall–Kier alpha value is -2.80. The number of rotatable bonds is 7. The van der Waals surface area contributed by atoms with Crippen LogP contribution in [0.4, 0.5) is 10.1 Å². The zero-order valence-electron chi connectivity index (χ0n) is 18.0. The number of hydrogen-bond donors (Lipinski definition) is 1. The third kappa shape index (κ3) is 4.99. The van der Waals surface area contributed by atoms with E-state index in [9.17, 15) is 14.0 Å². The Bertz CT molecular complexity index is 1160. The molecule has 0 aliphatic carbocycles. The molecule has 8 heteroatoms. The molecule has 1 fully saturated rings. The van der Waals surface area contributed by atoms with Crippen LogP contribution in [0.3, 0.4) is 0 Å². The van der Waals surface area contributed by atoms with Crippen LogP contribution in [-0.4, -0.2) is 34.5 Å². The largest absolute Gasteiger partial charge is 0.419 e. The van der Waals surface area contributed by atoms with E-state index >= 15 is 0 Å². The zero-order valence-corrected chi connectivity index (χ0v) is 18.8. The quantitative estimate of drug-likeness (QED) is 0.545. The van der Waals surface area contributed by atoms with E-state index in [1.807, 2.05) is 11.0 Å². The van der Waals surface area contributed by atoms with Gasteiger partial charge in [0.15, 0.2) is 5.58 Å². The number of benzene rings is 2. The van der Waals surface area contributed by atoms with Gasteiger partial charge in [-0.05, 0) is 49.1 Å². The third-order valence-electron chi connectivity index (χ3n) is 6.12. The van der Waals surface area contributed by atoms with Crippen LogP contribution in [0.15, 0.2) is 51.7 Å². The summed E-state index contributed by atoms with van der Waals surface area (Å²) in [6, 6.07) is 11.5. The zero-order chi connectivity index (χ0) is 22.7. The summed E-state index contributed by atoms with van der Waals surface area (Å²) in [4.78, 5) is 27.0. The summed E-state index contributed by atoms with van der Waals surface area (Å²) in [5, 5.41) is 3.92. The highest BCUT2D eigenvalue weighted by Gasteiger charge is 2.31. The van der Waals surface area contributed by atoms with Gasteiger partial charge in [-0.15, -0.1) is 0 Å². The summed E-state index contributed by atoms with van der Waals surface area (Å²) >= 11 is 5.96. The fourth-order valence-corrected chi connectivity index (χ4v) is 4.68. The van der Waals surface area contributed by atoms with Crippen LogP contribution in [0, 0.1) is 11.7 Å². The number of nitrogens with one attached hydrogen (secondary N) is 1. The molecule has 0 spiro atoms. The van der Waals surface area contributed by atoms with Gasteiger partial charge in [0.05, 0.1) is 5.52 Å². The number of aryl methyl sites for hydroxylation is 1. The predicted octanol–water partition coefficient (Wildman–Crippen LogP) is 4.91. The average Bonchev–Trinajstić information content (AvgIpc) is 3.07. The molecule has 0 bridgehead atoms. The van der Waals surface area contributed by atoms with Gasteiger partial charge in [-0.1, -0.05) is 31.0 Å². The number of aromatic nitrogens is 1.